The number of allylic oxidation sites excluding steroid dienone is 10. The Morgan fingerprint density at radius 2 is 0.797 bits per heavy atom. The van der Waals surface area contributed by atoms with E-state index in [-0.39, 0.29) is 25.9 Å². The number of hydrogen-bond acceptors (Lipinski definition) is 11. The van der Waals surface area contributed by atoms with Crippen molar-refractivity contribution in [3.05, 3.63) is 60.8 Å². The van der Waals surface area contributed by atoms with Crippen LogP contribution in [0.4, 0.5) is 0 Å². The van der Waals surface area contributed by atoms with E-state index < -0.39 is 67.3 Å². The molecule has 0 amide bonds. The lowest BCUT2D eigenvalue weighted by Crippen LogP contribution is -2.61. The van der Waals surface area contributed by atoms with Gasteiger partial charge < -0.3 is 39.0 Å². The Bertz CT molecular complexity index is 1600. The molecule has 0 bridgehead atoms. The smallest absolute Gasteiger partial charge is 0.335 e. The van der Waals surface area contributed by atoms with E-state index in [9.17, 15) is 34.5 Å². The molecule has 0 aromatic carbocycles. The molecule has 0 radical (unpaired) electrons. The van der Waals surface area contributed by atoms with Crippen LogP contribution in [0, 0.1) is 0 Å². The van der Waals surface area contributed by atoms with E-state index in [4.69, 9.17) is 23.7 Å². The standard InChI is InChI=1S/C67H116O12/c1-4-7-10-13-16-19-22-25-28-30-33-35-38-41-44-47-50-53-59(68)75-56-58(77-60(69)54-51-48-45-42-39-37-34-31-29-26-23-20-17-14-11-8-5-2)57-76-67-65(63(72)62(71)64(79-67)66(73)74)78-61(70)55-52-49-46-43-40-36-32-27-24-21-18-15-12-9-6-3/h9,12,16,18-19,21,25,27-28,32,58,62-65,67,71-72H,4-8,10-11,13-15,17,20,22-24,26,29-31,33-57H2,1-3H3,(H,73,74)/b12-9-,19-16-,21-18-,28-25-,32-27-. The highest BCUT2D eigenvalue weighted by molar-refractivity contribution is 5.74. The van der Waals surface area contributed by atoms with Crippen LogP contribution in [0.25, 0.3) is 0 Å². The lowest BCUT2D eigenvalue weighted by Gasteiger charge is -2.40. The summed E-state index contributed by atoms with van der Waals surface area (Å²) in [7, 11) is 0. The minimum atomic E-state index is -1.91. The maximum Gasteiger partial charge on any atom is 0.335 e. The summed E-state index contributed by atoms with van der Waals surface area (Å²) >= 11 is 0. The van der Waals surface area contributed by atoms with E-state index in [0.29, 0.717) is 19.3 Å². The third-order valence-electron chi connectivity index (χ3n) is 14.6. The molecule has 12 heteroatoms. The molecule has 1 aliphatic rings. The van der Waals surface area contributed by atoms with Gasteiger partial charge in [-0.2, -0.15) is 0 Å². The average Bonchev–Trinajstić information content (AvgIpc) is 3.43. The molecular formula is C67H116O12. The first kappa shape index (κ1) is 73.4. The number of carboxylic acids is 1. The molecule has 1 heterocycles. The molecule has 1 fully saturated rings. The van der Waals surface area contributed by atoms with Gasteiger partial charge in [0.2, 0.25) is 0 Å². The predicted octanol–water partition coefficient (Wildman–Crippen LogP) is 17.1. The minimum Gasteiger partial charge on any atom is -0.479 e. The fourth-order valence-electron chi connectivity index (χ4n) is 9.65. The van der Waals surface area contributed by atoms with Crippen molar-refractivity contribution >= 4 is 23.9 Å². The second-order valence-electron chi connectivity index (χ2n) is 22.0. The minimum absolute atomic E-state index is 0.0409. The second kappa shape index (κ2) is 55.0. The topological polar surface area (TPSA) is 175 Å². The van der Waals surface area contributed by atoms with Gasteiger partial charge in [0.15, 0.2) is 24.6 Å². The summed E-state index contributed by atoms with van der Waals surface area (Å²) in [4.78, 5) is 51.3. The number of carbonyl (C=O) groups is 4. The molecule has 0 spiro atoms. The van der Waals surface area contributed by atoms with Crippen LogP contribution in [-0.4, -0.2) is 89.2 Å². The van der Waals surface area contributed by atoms with Crippen molar-refractivity contribution in [1.82, 2.24) is 0 Å². The first-order valence-electron chi connectivity index (χ1n) is 32.3. The summed E-state index contributed by atoms with van der Waals surface area (Å²) in [6.07, 6.45) is 56.0. The molecule has 456 valence electrons. The number of aliphatic hydroxyl groups is 2. The van der Waals surface area contributed by atoms with Crippen LogP contribution >= 0.6 is 0 Å². The molecule has 0 saturated carbocycles. The number of carbonyl (C=O) groups excluding carboxylic acids is 3. The largest absolute Gasteiger partial charge is 0.479 e. The number of aliphatic hydroxyl groups excluding tert-OH is 2. The Balaban J connectivity index is 2.67. The third kappa shape index (κ3) is 44.7. The zero-order chi connectivity index (χ0) is 57.5. The first-order valence-corrected chi connectivity index (χ1v) is 32.3. The number of hydrogen-bond donors (Lipinski definition) is 3. The predicted molar refractivity (Wildman–Crippen MR) is 322 cm³/mol. The number of ether oxygens (including phenoxy) is 5. The van der Waals surface area contributed by atoms with Crippen LogP contribution in [-0.2, 0) is 42.9 Å². The highest BCUT2D eigenvalue weighted by Gasteiger charge is 2.50. The molecule has 6 unspecified atom stereocenters. The normalized spacial score (nSPS) is 18.2. The van der Waals surface area contributed by atoms with Crippen LogP contribution in [0.5, 0.6) is 0 Å². The van der Waals surface area contributed by atoms with Crippen LogP contribution < -0.4 is 0 Å². The van der Waals surface area contributed by atoms with Gasteiger partial charge in [-0.05, 0) is 83.5 Å². The number of rotatable bonds is 55. The van der Waals surface area contributed by atoms with Gasteiger partial charge in [0.1, 0.15) is 18.8 Å². The van der Waals surface area contributed by atoms with Gasteiger partial charge in [-0.1, -0.05) is 248 Å². The van der Waals surface area contributed by atoms with E-state index in [2.05, 4.69) is 81.5 Å². The molecular weight excluding hydrogens is 997 g/mol. The number of aliphatic carboxylic acids is 1. The Labute approximate surface area is 481 Å². The third-order valence-corrected chi connectivity index (χ3v) is 14.6. The van der Waals surface area contributed by atoms with Crippen LogP contribution in [0.1, 0.15) is 290 Å². The molecule has 1 aliphatic heterocycles. The van der Waals surface area contributed by atoms with E-state index in [1.165, 1.54) is 122 Å². The summed E-state index contributed by atoms with van der Waals surface area (Å²) in [5.41, 5.74) is 0. The summed E-state index contributed by atoms with van der Waals surface area (Å²) < 4.78 is 28.5. The van der Waals surface area contributed by atoms with Crippen LogP contribution in [0.15, 0.2) is 60.8 Å². The number of unbranched alkanes of at least 4 members (excludes halogenated alkanes) is 31. The fourth-order valence-corrected chi connectivity index (χ4v) is 9.65. The van der Waals surface area contributed by atoms with Gasteiger partial charge in [-0.3, -0.25) is 14.4 Å². The van der Waals surface area contributed by atoms with Crippen molar-refractivity contribution in [2.24, 2.45) is 0 Å². The average molecular weight is 1110 g/mol. The molecule has 1 rings (SSSR count). The van der Waals surface area contributed by atoms with Crippen molar-refractivity contribution in [3.8, 4) is 0 Å². The van der Waals surface area contributed by atoms with Crippen molar-refractivity contribution < 1.29 is 58.2 Å². The van der Waals surface area contributed by atoms with Gasteiger partial charge >= 0.3 is 23.9 Å². The van der Waals surface area contributed by atoms with Crippen molar-refractivity contribution in [3.63, 3.8) is 0 Å². The summed E-state index contributed by atoms with van der Waals surface area (Å²) in [5, 5.41) is 31.6. The zero-order valence-electron chi connectivity index (χ0n) is 50.4. The highest BCUT2D eigenvalue weighted by atomic mass is 16.7. The first-order chi connectivity index (χ1) is 38.6. The van der Waals surface area contributed by atoms with E-state index >= 15 is 0 Å². The van der Waals surface area contributed by atoms with E-state index in [0.717, 1.165) is 109 Å². The molecule has 12 nitrogen and oxygen atoms in total. The number of esters is 3. The van der Waals surface area contributed by atoms with Gasteiger partial charge in [-0.15, -0.1) is 0 Å². The molecule has 0 aromatic rings. The van der Waals surface area contributed by atoms with Crippen LogP contribution in [0.2, 0.25) is 0 Å². The van der Waals surface area contributed by atoms with Crippen molar-refractivity contribution in [2.45, 2.75) is 327 Å². The van der Waals surface area contributed by atoms with Crippen LogP contribution in [0.3, 0.4) is 0 Å². The van der Waals surface area contributed by atoms with Crippen molar-refractivity contribution in [1.29, 1.82) is 0 Å². The summed E-state index contributed by atoms with van der Waals surface area (Å²) in [6.45, 7) is 5.88. The fraction of sp³-hybridized carbons (Fsp3) is 0.791. The Kier molecular flexibility index (Phi) is 51.1. The Hall–Kier alpha value is -3.58. The molecule has 0 aliphatic carbocycles. The summed E-state index contributed by atoms with van der Waals surface area (Å²) in [6, 6.07) is 0. The second-order valence-corrected chi connectivity index (χ2v) is 22.0. The quantitative estimate of drug-likeness (QED) is 0.0228. The Morgan fingerprint density at radius 1 is 0.430 bits per heavy atom. The molecule has 1 saturated heterocycles. The van der Waals surface area contributed by atoms with Gasteiger partial charge in [-0.25, -0.2) is 4.79 Å². The van der Waals surface area contributed by atoms with Gasteiger partial charge in [0, 0.05) is 19.3 Å². The van der Waals surface area contributed by atoms with Gasteiger partial charge in [0.25, 0.3) is 0 Å². The maximum absolute atomic E-state index is 13.2. The highest BCUT2D eigenvalue weighted by Crippen LogP contribution is 2.27. The molecule has 79 heavy (non-hydrogen) atoms. The number of carboxylic acid groups (broad SMARTS) is 1. The molecule has 6 atom stereocenters. The zero-order valence-corrected chi connectivity index (χ0v) is 50.4. The lowest BCUT2D eigenvalue weighted by molar-refractivity contribution is -0.301. The Morgan fingerprint density at radius 3 is 1.24 bits per heavy atom. The summed E-state index contributed by atoms with van der Waals surface area (Å²) in [5.74, 6) is -3.13. The van der Waals surface area contributed by atoms with Crippen molar-refractivity contribution in [2.75, 3.05) is 13.2 Å². The van der Waals surface area contributed by atoms with E-state index in [1.807, 2.05) is 0 Å². The van der Waals surface area contributed by atoms with Gasteiger partial charge in [0.05, 0.1) is 6.61 Å². The van der Waals surface area contributed by atoms with E-state index in [1.54, 1.807) is 0 Å². The molecule has 0 aromatic heterocycles. The monoisotopic (exact) mass is 1110 g/mol. The molecule has 3 N–H and O–H groups in total. The SMILES string of the molecule is CC/C=C\C/C=C\C/C=C\CCCCCCCC(=O)OC1C(OCC(COC(=O)CCCCCCCCC/C=C\C/C=C\CCCCC)OC(=O)CCCCCCCCCCCCCCCCCCC)OC(C(=O)O)C(O)C1O. The lowest BCUT2D eigenvalue weighted by atomic mass is 9.98. The maximum atomic E-state index is 13.2.